The minimum atomic E-state index is -0.849. The predicted octanol–water partition coefficient (Wildman–Crippen LogP) is 3.51. The molecule has 1 fully saturated rings. The number of para-hydroxylation sites is 1. The maximum atomic E-state index is 13.1. The van der Waals surface area contributed by atoms with Gasteiger partial charge in [-0.25, -0.2) is 0 Å². The Labute approximate surface area is 185 Å². The Balaban J connectivity index is 1.55. The third kappa shape index (κ3) is 4.50. The van der Waals surface area contributed by atoms with E-state index in [1.54, 1.807) is 54.3 Å². The van der Waals surface area contributed by atoms with Crippen LogP contribution in [0, 0.1) is 0 Å². The number of carbonyl (C=O) groups excluding carboxylic acids is 3. The number of nitrogens with zero attached hydrogens (tertiary/aromatic N) is 1. The Morgan fingerprint density at radius 1 is 1.03 bits per heavy atom. The molecule has 1 saturated heterocycles. The van der Waals surface area contributed by atoms with Gasteiger partial charge in [-0.15, -0.1) is 0 Å². The highest BCUT2D eigenvalue weighted by molar-refractivity contribution is 6.11. The summed E-state index contributed by atoms with van der Waals surface area (Å²) in [5.41, 5.74) is 1.39. The van der Waals surface area contributed by atoms with Gasteiger partial charge in [-0.3, -0.25) is 14.4 Å². The average molecular weight is 436 g/mol. The Hall–Kier alpha value is -3.65. The number of carbonyl (C=O) groups is 3. The van der Waals surface area contributed by atoms with Gasteiger partial charge >= 0.3 is 0 Å². The summed E-state index contributed by atoms with van der Waals surface area (Å²) in [6.45, 7) is 4.93. The molecule has 0 aliphatic carbocycles. The summed E-state index contributed by atoms with van der Waals surface area (Å²) in [4.78, 5) is 39.1. The van der Waals surface area contributed by atoms with Crippen LogP contribution in [0.5, 0.6) is 5.75 Å². The van der Waals surface area contributed by atoms with Gasteiger partial charge in [0, 0.05) is 24.0 Å². The maximum Gasteiger partial charge on any atom is 0.291 e. The average Bonchev–Trinajstić information content (AvgIpc) is 3.17. The number of amides is 2. The fourth-order valence-electron chi connectivity index (χ4n) is 3.48. The van der Waals surface area contributed by atoms with E-state index in [0.717, 1.165) is 0 Å². The van der Waals surface area contributed by atoms with Crippen LogP contribution in [-0.4, -0.2) is 54.9 Å². The molecule has 2 amide bonds. The molecule has 166 valence electrons. The van der Waals surface area contributed by atoms with E-state index in [2.05, 4.69) is 5.32 Å². The third-order valence-corrected chi connectivity index (χ3v) is 5.28. The molecule has 1 N–H and O–H groups in total. The second-order valence-corrected chi connectivity index (χ2v) is 7.54. The molecule has 8 nitrogen and oxygen atoms in total. The van der Waals surface area contributed by atoms with Crippen LogP contribution in [0.1, 0.15) is 34.8 Å². The van der Waals surface area contributed by atoms with Crippen molar-refractivity contribution in [1.29, 1.82) is 0 Å². The molecule has 2 aromatic carbocycles. The molecule has 4 rings (SSSR count). The maximum absolute atomic E-state index is 13.1. The van der Waals surface area contributed by atoms with Crippen LogP contribution in [0.2, 0.25) is 0 Å². The Bertz CT molecular complexity index is 1150. The smallest absolute Gasteiger partial charge is 0.291 e. The van der Waals surface area contributed by atoms with Crippen molar-refractivity contribution < 1.29 is 28.3 Å². The number of rotatable bonds is 6. The Morgan fingerprint density at radius 2 is 1.72 bits per heavy atom. The standard InChI is InChI=1S/C24H24N2O6/c1-15(27)17-7-9-18(10-8-17)31-16(2)23(28)25-21-19-5-3-4-6-20(19)32-22(21)24(29)26-11-13-30-14-12-26/h3-10,16H,11-14H2,1-2H3,(H,25,28)/t16-/m0/s1. The summed E-state index contributed by atoms with van der Waals surface area (Å²) in [7, 11) is 0. The minimum Gasteiger partial charge on any atom is -0.481 e. The monoisotopic (exact) mass is 436 g/mol. The van der Waals surface area contributed by atoms with E-state index in [1.165, 1.54) is 6.92 Å². The second-order valence-electron chi connectivity index (χ2n) is 7.54. The molecule has 0 radical (unpaired) electrons. The molecule has 2 heterocycles. The molecule has 0 unspecified atom stereocenters. The number of morpholine rings is 1. The zero-order chi connectivity index (χ0) is 22.7. The van der Waals surface area contributed by atoms with Gasteiger partial charge in [-0.2, -0.15) is 0 Å². The van der Waals surface area contributed by atoms with Crippen LogP contribution in [0.4, 0.5) is 5.69 Å². The first-order valence-electron chi connectivity index (χ1n) is 10.4. The molecule has 1 aliphatic heterocycles. The Morgan fingerprint density at radius 3 is 2.41 bits per heavy atom. The SMILES string of the molecule is CC(=O)c1ccc(O[C@@H](C)C(=O)Nc2c(C(=O)N3CCOCC3)oc3ccccc23)cc1. The normalized spacial score (nSPS) is 14.8. The van der Waals surface area contributed by atoms with Crippen LogP contribution in [-0.2, 0) is 9.53 Å². The lowest BCUT2D eigenvalue weighted by Crippen LogP contribution is -2.41. The second kappa shape index (κ2) is 9.23. The molecule has 1 atom stereocenters. The van der Waals surface area contributed by atoms with Gasteiger partial charge in [0.2, 0.25) is 5.76 Å². The van der Waals surface area contributed by atoms with Crippen molar-refractivity contribution >= 4 is 34.3 Å². The van der Waals surface area contributed by atoms with E-state index in [1.807, 2.05) is 6.07 Å². The van der Waals surface area contributed by atoms with Gasteiger partial charge in [0.05, 0.1) is 13.2 Å². The highest BCUT2D eigenvalue weighted by Crippen LogP contribution is 2.32. The van der Waals surface area contributed by atoms with Gasteiger partial charge in [0.25, 0.3) is 11.8 Å². The molecule has 0 saturated carbocycles. The van der Waals surface area contributed by atoms with Crippen molar-refractivity contribution in [3.05, 3.63) is 59.9 Å². The van der Waals surface area contributed by atoms with Crippen molar-refractivity contribution in [1.82, 2.24) is 4.90 Å². The topological polar surface area (TPSA) is 98.1 Å². The summed E-state index contributed by atoms with van der Waals surface area (Å²) < 4.78 is 16.9. The highest BCUT2D eigenvalue weighted by atomic mass is 16.5. The molecule has 1 aromatic heterocycles. The van der Waals surface area contributed by atoms with Crippen molar-refractivity contribution in [3.8, 4) is 5.75 Å². The zero-order valence-electron chi connectivity index (χ0n) is 17.9. The lowest BCUT2D eigenvalue weighted by Gasteiger charge is -2.26. The number of fused-ring (bicyclic) bond motifs is 1. The lowest BCUT2D eigenvalue weighted by molar-refractivity contribution is -0.122. The molecular formula is C24H24N2O6. The van der Waals surface area contributed by atoms with Crippen LogP contribution < -0.4 is 10.1 Å². The molecule has 3 aromatic rings. The summed E-state index contributed by atoms with van der Waals surface area (Å²) >= 11 is 0. The van der Waals surface area contributed by atoms with Gasteiger partial charge in [0.15, 0.2) is 11.9 Å². The van der Waals surface area contributed by atoms with E-state index in [-0.39, 0.29) is 17.5 Å². The van der Waals surface area contributed by atoms with Crippen molar-refractivity contribution in [2.24, 2.45) is 0 Å². The molecule has 32 heavy (non-hydrogen) atoms. The number of Topliss-reactive ketones (excluding diaryl/α,β-unsaturated/α-hetero) is 1. The van der Waals surface area contributed by atoms with Crippen molar-refractivity contribution in [2.45, 2.75) is 20.0 Å². The van der Waals surface area contributed by atoms with Crippen LogP contribution in [0.3, 0.4) is 0 Å². The predicted molar refractivity (Wildman–Crippen MR) is 118 cm³/mol. The van der Waals surface area contributed by atoms with Gasteiger partial charge in [0.1, 0.15) is 17.0 Å². The van der Waals surface area contributed by atoms with E-state index < -0.39 is 12.0 Å². The molecule has 0 bridgehead atoms. The molecule has 0 spiro atoms. The van der Waals surface area contributed by atoms with E-state index >= 15 is 0 Å². The largest absolute Gasteiger partial charge is 0.481 e. The zero-order valence-corrected chi connectivity index (χ0v) is 17.9. The third-order valence-electron chi connectivity index (χ3n) is 5.28. The van der Waals surface area contributed by atoms with Gasteiger partial charge < -0.3 is 24.1 Å². The minimum absolute atomic E-state index is 0.0494. The number of nitrogens with one attached hydrogen (secondary N) is 1. The number of hydrogen-bond donors (Lipinski definition) is 1. The summed E-state index contributed by atoms with van der Waals surface area (Å²) in [5.74, 6) is -0.234. The van der Waals surface area contributed by atoms with Crippen LogP contribution in [0.25, 0.3) is 11.0 Å². The first-order chi connectivity index (χ1) is 15.4. The molecule has 8 heteroatoms. The first-order valence-corrected chi connectivity index (χ1v) is 10.4. The molecular weight excluding hydrogens is 412 g/mol. The quantitative estimate of drug-likeness (QED) is 0.594. The number of ether oxygens (including phenoxy) is 2. The van der Waals surface area contributed by atoms with E-state index in [9.17, 15) is 14.4 Å². The number of anilines is 1. The summed E-state index contributed by atoms with van der Waals surface area (Å²) in [6.07, 6.45) is -0.849. The highest BCUT2D eigenvalue weighted by Gasteiger charge is 2.28. The van der Waals surface area contributed by atoms with Crippen LogP contribution in [0.15, 0.2) is 52.9 Å². The summed E-state index contributed by atoms with van der Waals surface area (Å²) in [6, 6.07) is 13.7. The van der Waals surface area contributed by atoms with Gasteiger partial charge in [-0.1, -0.05) is 12.1 Å². The van der Waals surface area contributed by atoms with Crippen molar-refractivity contribution in [3.63, 3.8) is 0 Å². The van der Waals surface area contributed by atoms with Gasteiger partial charge in [-0.05, 0) is 50.2 Å². The summed E-state index contributed by atoms with van der Waals surface area (Å²) in [5, 5.41) is 3.45. The molecule has 1 aliphatic rings. The lowest BCUT2D eigenvalue weighted by atomic mass is 10.1. The van der Waals surface area contributed by atoms with Crippen LogP contribution >= 0.6 is 0 Å². The fraction of sp³-hybridized carbons (Fsp3) is 0.292. The number of furan rings is 1. The number of benzene rings is 2. The first kappa shape index (κ1) is 21.6. The Kier molecular flexibility index (Phi) is 6.23. The van der Waals surface area contributed by atoms with E-state index in [4.69, 9.17) is 13.9 Å². The number of ketones is 1. The number of hydrogen-bond acceptors (Lipinski definition) is 6. The van der Waals surface area contributed by atoms with E-state index in [0.29, 0.717) is 54.3 Å². The van der Waals surface area contributed by atoms with Crippen molar-refractivity contribution in [2.75, 3.05) is 31.6 Å². The fourth-order valence-corrected chi connectivity index (χ4v) is 3.48.